The standard InChI is InChI=1S/C15H25N/c1-3-6-15(16-2)14-10-9-12-7-4-5-8-13(12)11-14/h1,12-16H,4-11H2,2H3. The molecule has 2 fully saturated rings. The minimum atomic E-state index is 0.563. The van der Waals surface area contributed by atoms with Crippen molar-refractivity contribution in [2.75, 3.05) is 7.05 Å². The molecule has 1 nitrogen and oxygen atoms in total. The second-order valence-electron chi connectivity index (χ2n) is 5.68. The average molecular weight is 219 g/mol. The lowest BCUT2D eigenvalue weighted by Gasteiger charge is -2.41. The van der Waals surface area contributed by atoms with Gasteiger partial charge in [0, 0.05) is 12.5 Å². The maximum atomic E-state index is 5.45. The zero-order chi connectivity index (χ0) is 11.4. The third-order valence-electron chi connectivity index (χ3n) is 4.86. The third-order valence-corrected chi connectivity index (χ3v) is 4.86. The first-order chi connectivity index (χ1) is 7.85. The summed E-state index contributed by atoms with van der Waals surface area (Å²) in [6.45, 7) is 0. The van der Waals surface area contributed by atoms with Gasteiger partial charge in [-0.15, -0.1) is 12.3 Å². The zero-order valence-corrected chi connectivity index (χ0v) is 10.5. The Morgan fingerprint density at radius 3 is 2.62 bits per heavy atom. The summed E-state index contributed by atoms with van der Waals surface area (Å²) in [5.41, 5.74) is 0. The van der Waals surface area contributed by atoms with Crippen LogP contribution in [-0.2, 0) is 0 Å². The molecule has 0 bridgehead atoms. The van der Waals surface area contributed by atoms with Gasteiger partial charge in [0.05, 0.1) is 0 Å². The molecule has 4 atom stereocenters. The van der Waals surface area contributed by atoms with Crippen LogP contribution in [-0.4, -0.2) is 13.1 Å². The minimum Gasteiger partial charge on any atom is -0.316 e. The van der Waals surface area contributed by atoms with E-state index in [0.29, 0.717) is 6.04 Å². The van der Waals surface area contributed by atoms with E-state index in [4.69, 9.17) is 6.42 Å². The van der Waals surface area contributed by atoms with Crippen molar-refractivity contribution in [2.45, 2.75) is 57.4 Å². The molecule has 16 heavy (non-hydrogen) atoms. The highest BCUT2D eigenvalue weighted by Crippen LogP contribution is 2.43. The quantitative estimate of drug-likeness (QED) is 0.719. The van der Waals surface area contributed by atoms with Gasteiger partial charge in [0.2, 0.25) is 0 Å². The van der Waals surface area contributed by atoms with Crippen molar-refractivity contribution in [1.29, 1.82) is 0 Å². The molecule has 4 unspecified atom stereocenters. The summed E-state index contributed by atoms with van der Waals surface area (Å²) in [5.74, 6) is 5.72. The van der Waals surface area contributed by atoms with Gasteiger partial charge >= 0.3 is 0 Å². The predicted octanol–water partition coefficient (Wildman–Crippen LogP) is 3.20. The van der Waals surface area contributed by atoms with Gasteiger partial charge < -0.3 is 5.32 Å². The number of fused-ring (bicyclic) bond motifs is 1. The molecule has 1 heteroatoms. The second-order valence-corrected chi connectivity index (χ2v) is 5.68. The van der Waals surface area contributed by atoms with Crippen molar-refractivity contribution in [3.8, 4) is 12.3 Å². The van der Waals surface area contributed by atoms with Crippen molar-refractivity contribution in [2.24, 2.45) is 17.8 Å². The van der Waals surface area contributed by atoms with Crippen molar-refractivity contribution in [1.82, 2.24) is 5.32 Å². The van der Waals surface area contributed by atoms with Crippen LogP contribution in [0.5, 0.6) is 0 Å². The fraction of sp³-hybridized carbons (Fsp3) is 0.867. The molecule has 90 valence electrons. The summed E-state index contributed by atoms with van der Waals surface area (Å²) in [6, 6.07) is 0.563. The number of terminal acetylenes is 1. The van der Waals surface area contributed by atoms with Crippen LogP contribution in [0.25, 0.3) is 0 Å². The van der Waals surface area contributed by atoms with Crippen molar-refractivity contribution < 1.29 is 0 Å². The number of hydrogen-bond donors (Lipinski definition) is 1. The van der Waals surface area contributed by atoms with Crippen LogP contribution in [0.4, 0.5) is 0 Å². The normalized spacial score (nSPS) is 36.1. The summed E-state index contributed by atoms with van der Waals surface area (Å²) in [4.78, 5) is 0. The highest BCUT2D eigenvalue weighted by molar-refractivity contribution is 4.95. The molecule has 0 radical (unpaired) electrons. The van der Waals surface area contributed by atoms with Gasteiger partial charge in [-0.1, -0.05) is 25.7 Å². The number of rotatable bonds is 3. The van der Waals surface area contributed by atoms with Crippen LogP contribution in [0.1, 0.15) is 51.4 Å². The molecule has 0 spiro atoms. The maximum absolute atomic E-state index is 5.45. The summed E-state index contributed by atoms with van der Waals surface area (Å²) >= 11 is 0. The van der Waals surface area contributed by atoms with Gasteiger partial charge in [0.15, 0.2) is 0 Å². The van der Waals surface area contributed by atoms with Crippen molar-refractivity contribution in [3.63, 3.8) is 0 Å². The van der Waals surface area contributed by atoms with Crippen LogP contribution in [0, 0.1) is 30.1 Å². The number of nitrogens with one attached hydrogen (secondary N) is 1. The molecule has 2 rings (SSSR count). The summed E-state index contributed by atoms with van der Waals surface area (Å²) in [5, 5.41) is 3.43. The second kappa shape index (κ2) is 5.73. The highest BCUT2D eigenvalue weighted by Gasteiger charge is 2.34. The largest absolute Gasteiger partial charge is 0.316 e. The van der Waals surface area contributed by atoms with Gasteiger partial charge in [-0.05, 0) is 44.1 Å². The minimum absolute atomic E-state index is 0.563. The van der Waals surface area contributed by atoms with E-state index in [0.717, 1.165) is 24.2 Å². The molecular weight excluding hydrogens is 194 g/mol. The van der Waals surface area contributed by atoms with Crippen molar-refractivity contribution in [3.05, 3.63) is 0 Å². The van der Waals surface area contributed by atoms with Crippen LogP contribution < -0.4 is 5.32 Å². The van der Waals surface area contributed by atoms with E-state index < -0.39 is 0 Å². The van der Waals surface area contributed by atoms with E-state index in [-0.39, 0.29) is 0 Å². The van der Waals surface area contributed by atoms with E-state index >= 15 is 0 Å². The van der Waals surface area contributed by atoms with Gasteiger partial charge in [0.25, 0.3) is 0 Å². The summed E-state index contributed by atoms with van der Waals surface area (Å²) < 4.78 is 0. The molecule has 2 aliphatic carbocycles. The Bertz CT molecular complexity index is 253. The first-order valence-corrected chi connectivity index (χ1v) is 6.96. The van der Waals surface area contributed by atoms with Gasteiger partial charge in [0.1, 0.15) is 0 Å². The monoisotopic (exact) mass is 219 g/mol. The Balaban J connectivity index is 1.91. The molecule has 0 aromatic carbocycles. The molecule has 2 saturated carbocycles. The lowest BCUT2D eigenvalue weighted by atomic mass is 9.66. The van der Waals surface area contributed by atoms with E-state index in [1.807, 2.05) is 0 Å². The Hall–Kier alpha value is -0.480. The molecule has 0 aliphatic heterocycles. The van der Waals surface area contributed by atoms with Crippen molar-refractivity contribution >= 4 is 0 Å². The molecule has 0 heterocycles. The average Bonchev–Trinajstić information content (AvgIpc) is 2.35. The Kier molecular flexibility index (Phi) is 4.29. The zero-order valence-electron chi connectivity index (χ0n) is 10.5. The molecule has 1 N–H and O–H groups in total. The molecule has 0 aromatic heterocycles. The summed E-state index contributed by atoms with van der Waals surface area (Å²) in [7, 11) is 2.06. The fourth-order valence-corrected chi connectivity index (χ4v) is 3.91. The van der Waals surface area contributed by atoms with Gasteiger partial charge in [-0.2, -0.15) is 0 Å². The van der Waals surface area contributed by atoms with Gasteiger partial charge in [-0.3, -0.25) is 0 Å². The first-order valence-electron chi connectivity index (χ1n) is 6.96. The lowest BCUT2D eigenvalue weighted by Crippen LogP contribution is -2.39. The van der Waals surface area contributed by atoms with Crippen LogP contribution >= 0.6 is 0 Å². The topological polar surface area (TPSA) is 12.0 Å². The van der Waals surface area contributed by atoms with Crippen LogP contribution in [0.2, 0.25) is 0 Å². The third kappa shape index (κ3) is 2.61. The molecule has 0 aromatic rings. The maximum Gasteiger partial charge on any atom is 0.0243 e. The van der Waals surface area contributed by atoms with Crippen LogP contribution in [0.15, 0.2) is 0 Å². The molecule has 0 saturated heterocycles. The van der Waals surface area contributed by atoms with E-state index in [1.54, 1.807) is 0 Å². The van der Waals surface area contributed by atoms with E-state index in [9.17, 15) is 0 Å². The lowest BCUT2D eigenvalue weighted by molar-refractivity contribution is 0.112. The van der Waals surface area contributed by atoms with E-state index in [1.165, 1.54) is 44.9 Å². The molecule has 2 aliphatic rings. The van der Waals surface area contributed by atoms with E-state index in [2.05, 4.69) is 18.3 Å². The first kappa shape index (κ1) is 12.0. The van der Waals surface area contributed by atoms with Crippen LogP contribution in [0.3, 0.4) is 0 Å². The SMILES string of the molecule is C#CCC(NC)C1CCC2CCCCC2C1. The molecular formula is C15H25N. The Morgan fingerprint density at radius 1 is 1.19 bits per heavy atom. The highest BCUT2D eigenvalue weighted by atomic mass is 14.9. The predicted molar refractivity (Wildman–Crippen MR) is 69.1 cm³/mol. The fourth-order valence-electron chi connectivity index (χ4n) is 3.91. The summed E-state index contributed by atoms with van der Waals surface area (Å²) in [6.07, 6.45) is 16.6. The Labute approximate surface area is 100 Å². The van der Waals surface area contributed by atoms with Gasteiger partial charge in [-0.25, -0.2) is 0 Å². The number of hydrogen-bond acceptors (Lipinski definition) is 1. The Morgan fingerprint density at radius 2 is 1.94 bits per heavy atom. The molecule has 0 amide bonds. The smallest absolute Gasteiger partial charge is 0.0243 e.